The molecule has 2 aromatic carbocycles. The number of benzene rings is 2. The molecule has 4 nitrogen and oxygen atoms in total. The predicted molar refractivity (Wildman–Crippen MR) is 86.6 cm³/mol. The zero-order chi connectivity index (χ0) is 19.3. The average Bonchev–Trinajstić information content (AvgIpc) is 2.58. The van der Waals surface area contributed by atoms with Crippen LogP contribution in [0.1, 0.15) is 27.1 Å². The number of rotatable bonds is 6. The van der Waals surface area contributed by atoms with Crippen LogP contribution < -0.4 is 5.32 Å². The average molecular weight is 368 g/mol. The van der Waals surface area contributed by atoms with Gasteiger partial charge in [-0.15, -0.1) is 0 Å². The summed E-state index contributed by atoms with van der Waals surface area (Å²) in [4.78, 5) is 25.0. The molecular formula is C18H16F4N2O2. The Morgan fingerprint density at radius 2 is 1.35 bits per heavy atom. The number of carbonyl (C=O) groups excluding carboxylic acids is 2. The lowest BCUT2D eigenvalue weighted by atomic mass is 10.1. The molecule has 26 heavy (non-hydrogen) atoms. The van der Waals surface area contributed by atoms with Crippen LogP contribution in [0, 0.1) is 23.3 Å². The van der Waals surface area contributed by atoms with Gasteiger partial charge in [0.25, 0.3) is 11.8 Å². The molecule has 0 spiro atoms. The first kappa shape index (κ1) is 19.4. The maximum atomic E-state index is 13.6. The van der Waals surface area contributed by atoms with Gasteiger partial charge >= 0.3 is 0 Å². The molecule has 0 aromatic heterocycles. The third-order valence-electron chi connectivity index (χ3n) is 3.67. The maximum absolute atomic E-state index is 13.6. The SMILES string of the molecule is CN(CCCNC(=O)c1c(F)cccc1F)C(=O)c1c(F)cccc1F. The van der Waals surface area contributed by atoms with Crippen LogP contribution in [0.15, 0.2) is 36.4 Å². The summed E-state index contributed by atoms with van der Waals surface area (Å²) in [7, 11) is 1.35. The van der Waals surface area contributed by atoms with Crippen LogP contribution in [0.25, 0.3) is 0 Å². The van der Waals surface area contributed by atoms with Gasteiger partial charge in [0.1, 0.15) is 34.4 Å². The normalized spacial score (nSPS) is 10.5. The molecule has 0 fully saturated rings. The van der Waals surface area contributed by atoms with E-state index in [4.69, 9.17) is 0 Å². The lowest BCUT2D eigenvalue weighted by Crippen LogP contribution is -2.33. The molecule has 0 aliphatic carbocycles. The molecule has 0 bridgehead atoms. The highest BCUT2D eigenvalue weighted by molar-refractivity contribution is 5.95. The zero-order valence-corrected chi connectivity index (χ0v) is 13.9. The monoisotopic (exact) mass is 368 g/mol. The Morgan fingerprint density at radius 1 is 0.885 bits per heavy atom. The smallest absolute Gasteiger partial charge is 0.259 e. The fraction of sp³-hybridized carbons (Fsp3) is 0.222. The summed E-state index contributed by atoms with van der Waals surface area (Å²) < 4.78 is 54.2. The fourth-order valence-corrected chi connectivity index (χ4v) is 2.32. The Kier molecular flexibility index (Phi) is 6.32. The highest BCUT2D eigenvalue weighted by Gasteiger charge is 2.20. The van der Waals surface area contributed by atoms with Crippen molar-refractivity contribution >= 4 is 11.8 Å². The number of halogens is 4. The molecular weight excluding hydrogens is 352 g/mol. The standard InChI is InChI=1S/C18H16F4N2O2/c1-24(18(26)16-13(21)7-3-8-14(16)22)10-4-9-23-17(25)15-11(19)5-2-6-12(15)20/h2-3,5-8H,4,9-10H2,1H3,(H,23,25). The topological polar surface area (TPSA) is 49.4 Å². The summed E-state index contributed by atoms with van der Waals surface area (Å²) in [6, 6.07) is 6.18. The Labute approximate surface area is 147 Å². The number of amides is 2. The van der Waals surface area contributed by atoms with Crippen molar-refractivity contribution in [3.63, 3.8) is 0 Å². The molecule has 0 radical (unpaired) electrons. The minimum atomic E-state index is -0.982. The van der Waals surface area contributed by atoms with Crippen molar-refractivity contribution in [2.24, 2.45) is 0 Å². The lowest BCUT2D eigenvalue weighted by Gasteiger charge is -2.18. The van der Waals surface area contributed by atoms with Crippen molar-refractivity contribution in [1.29, 1.82) is 0 Å². The molecule has 138 valence electrons. The zero-order valence-electron chi connectivity index (χ0n) is 13.9. The Balaban J connectivity index is 1.88. The summed E-state index contributed by atoms with van der Waals surface area (Å²) in [5, 5.41) is 2.33. The van der Waals surface area contributed by atoms with E-state index >= 15 is 0 Å². The molecule has 0 unspecified atom stereocenters. The molecule has 2 aromatic rings. The predicted octanol–water partition coefficient (Wildman–Crippen LogP) is 3.14. The first-order valence-electron chi connectivity index (χ1n) is 7.74. The number of hydrogen-bond acceptors (Lipinski definition) is 2. The van der Waals surface area contributed by atoms with Gasteiger partial charge in [0.15, 0.2) is 0 Å². The Bertz CT molecular complexity index is 786. The first-order valence-corrected chi connectivity index (χ1v) is 7.74. The van der Waals surface area contributed by atoms with Gasteiger partial charge in [0, 0.05) is 20.1 Å². The number of carbonyl (C=O) groups is 2. The van der Waals surface area contributed by atoms with Gasteiger partial charge in [-0.2, -0.15) is 0 Å². The third kappa shape index (κ3) is 4.38. The molecule has 0 saturated heterocycles. The van der Waals surface area contributed by atoms with E-state index in [0.29, 0.717) is 0 Å². The van der Waals surface area contributed by atoms with Crippen molar-refractivity contribution < 1.29 is 27.2 Å². The van der Waals surface area contributed by atoms with Crippen molar-refractivity contribution in [2.45, 2.75) is 6.42 Å². The van der Waals surface area contributed by atoms with Crippen molar-refractivity contribution in [2.75, 3.05) is 20.1 Å². The van der Waals surface area contributed by atoms with Crippen LogP contribution in [0.2, 0.25) is 0 Å². The molecule has 0 atom stereocenters. The van der Waals surface area contributed by atoms with Gasteiger partial charge in [-0.05, 0) is 30.7 Å². The second-order valence-electron chi connectivity index (χ2n) is 5.53. The number of nitrogens with zero attached hydrogens (tertiary/aromatic N) is 1. The van der Waals surface area contributed by atoms with E-state index in [1.54, 1.807) is 0 Å². The van der Waals surface area contributed by atoms with Gasteiger partial charge in [-0.1, -0.05) is 12.1 Å². The van der Waals surface area contributed by atoms with Crippen LogP contribution >= 0.6 is 0 Å². The third-order valence-corrected chi connectivity index (χ3v) is 3.67. The minimum Gasteiger partial charge on any atom is -0.352 e. The molecule has 1 N–H and O–H groups in total. The van der Waals surface area contributed by atoms with Crippen molar-refractivity contribution in [3.8, 4) is 0 Å². The lowest BCUT2D eigenvalue weighted by molar-refractivity contribution is 0.0784. The molecule has 8 heteroatoms. The quantitative estimate of drug-likeness (QED) is 0.629. The van der Waals surface area contributed by atoms with Crippen molar-refractivity contribution in [1.82, 2.24) is 10.2 Å². The summed E-state index contributed by atoms with van der Waals surface area (Å²) in [6.07, 6.45) is 0.222. The van der Waals surface area contributed by atoms with E-state index in [0.717, 1.165) is 41.3 Å². The molecule has 0 aliphatic heterocycles. The summed E-state index contributed by atoms with van der Waals surface area (Å²) in [6.45, 7) is 0.0939. The first-order chi connectivity index (χ1) is 12.3. The van der Waals surface area contributed by atoms with E-state index < -0.39 is 46.2 Å². The van der Waals surface area contributed by atoms with E-state index in [-0.39, 0.29) is 19.5 Å². The largest absolute Gasteiger partial charge is 0.352 e. The molecule has 2 rings (SSSR count). The summed E-state index contributed by atoms with van der Waals surface area (Å²) >= 11 is 0. The molecule has 2 amide bonds. The molecule has 0 heterocycles. The van der Waals surface area contributed by atoms with E-state index in [2.05, 4.69) is 5.32 Å². The van der Waals surface area contributed by atoms with Gasteiger partial charge in [0.2, 0.25) is 0 Å². The van der Waals surface area contributed by atoms with Crippen LogP contribution in [-0.2, 0) is 0 Å². The van der Waals surface area contributed by atoms with Gasteiger partial charge in [-0.25, -0.2) is 17.6 Å². The minimum absolute atomic E-state index is 0.0178. The molecule has 0 aliphatic rings. The highest BCUT2D eigenvalue weighted by Crippen LogP contribution is 2.14. The highest BCUT2D eigenvalue weighted by atomic mass is 19.1. The second-order valence-corrected chi connectivity index (χ2v) is 5.53. The maximum Gasteiger partial charge on any atom is 0.259 e. The summed E-state index contributed by atoms with van der Waals surface area (Å²) in [5.41, 5.74) is -1.35. The van der Waals surface area contributed by atoms with Crippen LogP contribution in [0.5, 0.6) is 0 Å². The Morgan fingerprint density at radius 3 is 1.85 bits per heavy atom. The Hall–Kier alpha value is -2.90. The van der Waals surface area contributed by atoms with Crippen LogP contribution in [0.4, 0.5) is 17.6 Å². The van der Waals surface area contributed by atoms with Gasteiger partial charge in [0.05, 0.1) is 0 Å². The second kappa shape index (κ2) is 8.46. The fourth-order valence-electron chi connectivity index (χ4n) is 2.32. The van der Waals surface area contributed by atoms with Gasteiger partial charge < -0.3 is 10.2 Å². The number of hydrogen-bond donors (Lipinski definition) is 1. The van der Waals surface area contributed by atoms with Crippen LogP contribution in [-0.4, -0.2) is 36.9 Å². The van der Waals surface area contributed by atoms with Crippen LogP contribution in [0.3, 0.4) is 0 Å². The van der Waals surface area contributed by atoms with E-state index in [1.807, 2.05) is 0 Å². The molecule has 0 saturated carbocycles. The van der Waals surface area contributed by atoms with Gasteiger partial charge in [-0.3, -0.25) is 9.59 Å². The number of nitrogens with one attached hydrogen (secondary N) is 1. The van der Waals surface area contributed by atoms with E-state index in [9.17, 15) is 27.2 Å². The van der Waals surface area contributed by atoms with Crippen molar-refractivity contribution in [3.05, 3.63) is 70.8 Å². The van der Waals surface area contributed by atoms with E-state index in [1.165, 1.54) is 7.05 Å². The summed E-state index contributed by atoms with van der Waals surface area (Å²) in [5.74, 6) is -5.66.